The number of pyridine rings is 1. The van der Waals surface area contributed by atoms with Crippen LogP contribution >= 0.6 is 15.9 Å². The number of hydrogen-bond donors (Lipinski definition) is 1. The Morgan fingerprint density at radius 3 is 2.56 bits per heavy atom. The lowest BCUT2D eigenvalue weighted by atomic mass is 10.2. The van der Waals surface area contributed by atoms with Gasteiger partial charge >= 0.3 is 12.3 Å². The van der Waals surface area contributed by atoms with E-state index in [2.05, 4.69) is 25.7 Å². The summed E-state index contributed by atoms with van der Waals surface area (Å²) in [6.07, 6.45) is -4.93. The summed E-state index contributed by atoms with van der Waals surface area (Å²) in [5.41, 5.74) is -0.629. The summed E-state index contributed by atoms with van der Waals surface area (Å²) in [5.74, 6) is -2.39. The summed E-state index contributed by atoms with van der Waals surface area (Å²) in [5, 5.41) is 8.69. The molecule has 0 fully saturated rings. The van der Waals surface area contributed by atoms with E-state index in [4.69, 9.17) is 9.84 Å². The molecular weight excluding hydrogens is 323 g/mol. The Hall–Kier alpha value is -1.51. The van der Waals surface area contributed by atoms with Crippen LogP contribution in [0.15, 0.2) is 6.07 Å². The number of aromatic nitrogens is 1. The Labute approximate surface area is 108 Å². The number of methoxy groups -OCH3 is 1. The third-order valence-corrected chi connectivity index (χ3v) is 2.38. The van der Waals surface area contributed by atoms with E-state index >= 15 is 0 Å². The average Bonchev–Trinajstić information content (AvgIpc) is 2.25. The molecule has 5 nitrogen and oxygen atoms in total. The predicted octanol–water partition coefficient (Wildman–Crippen LogP) is 2.58. The maximum absolute atomic E-state index is 12.2. The van der Waals surface area contributed by atoms with Crippen LogP contribution in [-0.4, -0.2) is 29.5 Å². The highest BCUT2D eigenvalue weighted by Crippen LogP contribution is 2.33. The number of nitrogens with zero attached hydrogens (tertiary/aromatic N) is 1. The van der Waals surface area contributed by atoms with Crippen LogP contribution in [0.1, 0.15) is 16.1 Å². The first kappa shape index (κ1) is 14.6. The van der Waals surface area contributed by atoms with Crippen molar-refractivity contribution < 1.29 is 32.5 Å². The van der Waals surface area contributed by atoms with Crippen molar-refractivity contribution in [2.45, 2.75) is 11.7 Å². The topological polar surface area (TPSA) is 68.7 Å². The minimum Gasteiger partial charge on any atom is -0.481 e. The number of rotatable bonds is 4. The normalized spacial score (nSPS) is 11.2. The fourth-order valence-corrected chi connectivity index (χ4v) is 1.66. The van der Waals surface area contributed by atoms with Crippen molar-refractivity contribution in [3.05, 3.63) is 17.3 Å². The summed E-state index contributed by atoms with van der Waals surface area (Å²) in [7, 11) is 1.16. The Morgan fingerprint density at radius 1 is 1.56 bits per heavy atom. The molecule has 0 aliphatic heterocycles. The van der Waals surface area contributed by atoms with Crippen LogP contribution in [0.25, 0.3) is 0 Å². The van der Waals surface area contributed by atoms with E-state index in [1.165, 1.54) is 0 Å². The van der Waals surface area contributed by atoms with Gasteiger partial charge in [0.1, 0.15) is 5.75 Å². The van der Waals surface area contributed by atoms with Crippen LogP contribution in [0.5, 0.6) is 11.6 Å². The van der Waals surface area contributed by atoms with E-state index in [1.54, 1.807) is 0 Å². The number of hydrogen-bond acceptors (Lipinski definition) is 4. The standard InChI is InChI=1S/C9H7BrF3NO4/c1-17-7-4(3-10)6(18-9(11,12)13)2-5(14-7)8(15)16/h2H,3H2,1H3,(H,15,16). The van der Waals surface area contributed by atoms with E-state index < -0.39 is 23.8 Å². The Bertz CT molecular complexity index is 464. The predicted molar refractivity (Wildman–Crippen MR) is 57.1 cm³/mol. The monoisotopic (exact) mass is 329 g/mol. The molecule has 9 heteroatoms. The summed E-state index contributed by atoms with van der Waals surface area (Å²) in [4.78, 5) is 14.3. The first-order valence-electron chi connectivity index (χ1n) is 4.41. The van der Waals surface area contributed by atoms with Crippen molar-refractivity contribution in [2.75, 3.05) is 7.11 Å². The lowest BCUT2D eigenvalue weighted by Crippen LogP contribution is -2.19. The smallest absolute Gasteiger partial charge is 0.481 e. The molecule has 0 aliphatic rings. The zero-order chi connectivity index (χ0) is 13.9. The molecule has 100 valence electrons. The van der Waals surface area contributed by atoms with E-state index in [0.29, 0.717) is 6.07 Å². The molecular formula is C9H7BrF3NO4. The maximum atomic E-state index is 12.2. The lowest BCUT2D eigenvalue weighted by Gasteiger charge is -2.14. The molecule has 0 saturated carbocycles. The Kier molecular flexibility index (Phi) is 4.38. The number of halogens is 4. The SMILES string of the molecule is COc1nc(C(=O)O)cc(OC(F)(F)F)c1CBr. The molecule has 1 heterocycles. The van der Waals surface area contributed by atoms with Crippen molar-refractivity contribution in [3.63, 3.8) is 0 Å². The maximum Gasteiger partial charge on any atom is 0.573 e. The molecule has 0 aliphatic carbocycles. The van der Waals surface area contributed by atoms with E-state index in [1.807, 2.05) is 0 Å². The molecule has 1 rings (SSSR count). The van der Waals surface area contributed by atoms with Crippen LogP contribution in [0.3, 0.4) is 0 Å². The van der Waals surface area contributed by atoms with Gasteiger partial charge in [-0.25, -0.2) is 9.78 Å². The van der Waals surface area contributed by atoms with Gasteiger partial charge in [0.15, 0.2) is 5.69 Å². The summed E-state index contributed by atoms with van der Waals surface area (Å²) >= 11 is 2.95. The second-order valence-electron chi connectivity index (χ2n) is 2.98. The van der Waals surface area contributed by atoms with Gasteiger partial charge in [0, 0.05) is 11.4 Å². The fraction of sp³-hybridized carbons (Fsp3) is 0.333. The van der Waals surface area contributed by atoms with Crippen molar-refractivity contribution >= 4 is 21.9 Å². The van der Waals surface area contributed by atoms with Crippen molar-refractivity contribution in [1.29, 1.82) is 0 Å². The van der Waals surface area contributed by atoms with Crippen LogP contribution in [0.4, 0.5) is 13.2 Å². The largest absolute Gasteiger partial charge is 0.573 e. The quantitative estimate of drug-likeness (QED) is 0.860. The van der Waals surface area contributed by atoms with Gasteiger partial charge in [0.05, 0.1) is 12.7 Å². The Morgan fingerprint density at radius 2 is 2.17 bits per heavy atom. The molecule has 1 aromatic rings. The van der Waals surface area contributed by atoms with Gasteiger partial charge in [-0.2, -0.15) is 0 Å². The summed E-state index contributed by atoms with van der Waals surface area (Å²) in [6.45, 7) is 0. The number of aromatic carboxylic acids is 1. The summed E-state index contributed by atoms with van der Waals surface area (Å²) in [6, 6.07) is 0.689. The molecule has 0 radical (unpaired) electrons. The van der Waals surface area contributed by atoms with Gasteiger partial charge in [0.25, 0.3) is 0 Å². The van der Waals surface area contributed by atoms with E-state index in [0.717, 1.165) is 7.11 Å². The van der Waals surface area contributed by atoms with Gasteiger partial charge < -0.3 is 14.6 Å². The molecule has 1 N–H and O–H groups in total. The second-order valence-corrected chi connectivity index (χ2v) is 3.54. The van der Waals surface area contributed by atoms with Crippen LogP contribution in [0, 0.1) is 0 Å². The first-order valence-corrected chi connectivity index (χ1v) is 5.53. The van der Waals surface area contributed by atoms with Crippen LogP contribution < -0.4 is 9.47 Å². The Balaban J connectivity index is 3.35. The van der Waals surface area contributed by atoms with E-state index in [9.17, 15) is 18.0 Å². The highest BCUT2D eigenvalue weighted by Gasteiger charge is 2.33. The minimum absolute atomic E-state index is 0.0279. The molecule has 1 aromatic heterocycles. The molecule has 0 atom stereocenters. The van der Waals surface area contributed by atoms with Crippen molar-refractivity contribution in [2.24, 2.45) is 0 Å². The number of carboxylic acids is 1. The van der Waals surface area contributed by atoms with Crippen molar-refractivity contribution in [3.8, 4) is 11.6 Å². The highest BCUT2D eigenvalue weighted by atomic mass is 79.9. The highest BCUT2D eigenvalue weighted by molar-refractivity contribution is 9.08. The molecule has 0 bridgehead atoms. The van der Waals surface area contributed by atoms with Crippen molar-refractivity contribution in [1.82, 2.24) is 4.98 Å². The number of alkyl halides is 4. The van der Waals surface area contributed by atoms with E-state index in [-0.39, 0.29) is 16.8 Å². The number of carboxylic acid groups (broad SMARTS) is 1. The van der Waals surface area contributed by atoms with Gasteiger partial charge in [-0.1, -0.05) is 15.9 Å². The number of ether oxygens (including phenoxy) is 2. The zero-order valence-corrected chi connectivity index (χ0v) is 10.5. The van der Waals surface area contributed by atoms with Gasteiger partial charge in [0.2, 0.25) is 5.88 Å². The third kappa shape index (κ3) is 3.49. The second kappa shape index (κ2) is 5.42. The minimum atomic E-state index is -4.93. The zero-order valence-electron chi connectivity index (χ0n) is 8.92. The van der Waals surface area contributed by atoms with Gasteiger partial charge in [-0.3, -0.25) is 0 Å². The molecule has 18 heavy (non-hydrogen) atoms. The molecule has 0 spiro atoms. The van der Waals surface area contributed by atoms with Gasteiger partial charge in [-0.05, 0) is 0 Å². The number of carbonyl (C=O) groups is 1. The average molecular weight is 330 g/mol. The van der Waals surface area contributed by atoms with Crippen LogP contribution in [-0.2, 0) is 5.33 Å². The molecule has 0 amide bonds. The third-order valence-electron chi connectivity index (χ3n) is 1.82. The molecule has 0 saturated heterocycles. The summed E-state index contributed by atoms with van der Waals surface area (Å²) < 4.78 is 45.0. The first-order chi connectivity index (χ1) is 8.28. The lowest BCUT2D eigenvalue weighted by molar-refractivity contribution is -0.274. The van der Waals surface area contributed by atoms with Crippen LogP contribution in [0.2, 0.25) is 0 Å². The fourth-order valence-electron chi connectivity index (χ4n) is 1.14. The molecule has 0 aromatic carbocycles. The molecule has 0 unspecified atom stereocenters. The van der Waals surface area contributed by atoms with Gasteiger partial charge in [-0.15, -0.1) is 13.2 Å².